The third-order valence-corrected chi connectivity index (χ3v) is 4.64. The van der Waals surface area contributed by atoms with Crippen molar-refractivity contribution in [3.05, 3.63) is 81.9 Å². The minimum Gasteiger partial charge on any atom is -0.480 e. The molecular weight excluding hydrogens is 507 g/mol. The second-order valence-electron chi connectivity index (χ2n) is 7.40. The lowest BCUT2D eigenvalue weighted by molar-refractivity contribution is -0.386. The Bertz CT molecular complexity index is 1240. The summed E-state index contributed by atoms with van der Waals surface area (Å²) < 4.78 is 72.8. The zero-order valence-electron chi connectivity index (χ0n) is 19.1. The predicted molar refractivity (Wildman–Crippen MR) is 120 cm³/mol. The highest BCUT2D eigenvalue weighted by Gasteiger charge is 2.58. The van der Waals surface area contributed by atoms with Gasteiger partial charge in [0, 0.05) is 29.7 Å². The number of hydrogen-bond acceptors (Lipinski definition) is 6. The highest BCUT2D eigenvalue weighted by molar-refractivity contribution is 5.97. The summed E-state index contributed by atoms with van der Waals surface area (Å²) in [6, 6.07) is 9.67. The molecule has 196 valence electrons. The van der Waals surface area contributed by atoms with Crippen LogP contribution < -0.4 is 10.1 Å². The second-order valence-corrected chi connectivity index (χ2v) is 7.40. The predicted octanol–water partition coefficient (Wildman–Crippen LogP) is 4.44. The van der Waals surface area contributed by atoms with Crippen LogP contribution in [0.25, 0.3) is 0 Å². The van der Waals surface area contributed by atoms with Crippen LogP contribution in [0.4, 0.5) is 27.6 Å². The van der Waals surface area contributed by atoms with Gasteiger partial charge in [-0.15, -0.1) is 0 Å². The first-order chi connectivity index (χ1) is 17.2. The Morgan fingerprint density at radius 3 is 2.35 bits per heavy atom. The van der Waals surface area contributed by atoms with Crippen LogP contribution in [0.3, 0.4) is 0 Å². The van der Waals surface area contributed by atoms with Gasteiger partial charge in [0.25, 0.3) is 5.91 Å². The first kappa shape index (κ1) is 28.8. The van der Waals surface area contributed by atoms with Crippen molar-refractivity contribution in [3.8, 4) is 17.6 Å². The first-order valence-electron chi connectivity index (χ1n) is 10.2. The summed E-state index contributed by atoms with van der Waals surface area (Å²) in [5, 5.41) is 13.4. The van der Waals surface area contributed by atoms with Crippen molar-refractivity contribution < 1.29 is 45.9 Å². The molecule has 2 aromatic carbocycles. The number of halogens is 5. The zero-order valence-corrected chi connectivity index (χ0v) is 19.1. The van der Waals surface area contributed by atoms with Gasteiger partial charge in [-0.2, -0.15) is 22.0 Å². The first-order valence-corrected chi connectivity index (χ1v) is 10.2. The zero-order chi connectivity index (χ0) is 27.8. The van der Waals surface area contributed by atoms with Gasteiger partial charge in [-0.25, -0.2) is 4.79 Å². The highest BCUT2D eigenvalue weighted by Crippen LogP contribution is 2.37. The monoisotopic (exact) mass is 526 g/mol. The molecule has 0 radical (unpaired) electrons. The molecule has 0 unspecified atom stereocenters. The molecule has 1 amide bonds. The summed E-state index contributed by atoms with van der Waals surface area (Å²) in [5.41, 5.74) is -0.479. The Morgan fingerprint density at radius 1 is 1.14 bits per heavy atom. The molecule has 0 aliphatic carbocycles. The SMILES string of the molecule is C=C(C#Cc1ccccc1)C[C@H](NC(=O)c1ccc([N+](=O)[O-])c(OCC(F)(F)C(F)(F)F)c1)C(=O)OC. The molecule has 0 aliphatic rings. The molecule has 0 heterocycles. The average Bonchev–Trinajstić information content (AvgIpc) is 2.85. The number of ether oxygens (including phenoxy) is 2. The van der Waals surface area contributed by atoms with Crippen LogP contribution in [0.5, 0.6) is 5.75 Å². The quantitative estimate of drug-likeness (QED) is 0.170. The maximum absolute atomic E-state index is 13.2. The molecule has 0 bridgehead atoms. The maximum Gasteiger partial charge on any atom is 0.456 e. The summed E-state index contributed by atoms with van der Waals surface area (Å²) in [4.78, 5) is 34.9. The normalized spacial score (nSPS) is 11.9. The lowest BCUT2D eigenvalue weighted by Crippen LogP contribution is -2.42. The topological polar surface area (TPSA) is 108 Å². The van der Waals surface area contributed by atoms with Crippen molar-refractivity contribution in [3.63, 3.8) is 0 Å². The van der Waals surface area contributed by atoms with Gasteiger partial charge in [-0.05, 0) is 23.8 Å². The number of nitrogens with zero attached hydrogens (tertiary/aromatic N) is 1. The van der Waals surface area contributed by atoms with E-state index in [-0.39, 0.29) is 12.0 Å². The summed E-state index contributed by atoms with van der Waals surface area (Å²) >= 11 is 0. The number of amides is 1. The van der Waals surface area contributed by atoms with E-state index in [1.54, 1.807) is 30.3 Å². The number of nitrogens with one attached hydrogen (secondary N) is 1. The molecule has 1 N–H and O–H groups in total. The standard InChI is InChI=1S/C24H19F5N2O6/c1-15(8-9-16-6-4-3-5-7-16)12-18(22(33)36-2)30-21(32)17-10-11-19(31(34)35)20(13-17)37-14-23(25,26)24(27,28)29/h3-7,10-11,13,18H,1,12,14H2,2H3,(H,30,32)/t18-/m0/s1. The summed E-state index contributed by atoms with van der Waals surface area (Å²) in [6.07, 6.45) is -6.15. The number of nitro benzene ring substituents is 1. The Morgan fingerprint density at radius 2 is 1.78 bits per heavy atom. The number of rotatable bonds is 9. The Labute approximate surface area is 207 Å². The summed E-state index contributed by atoms with van der Waals surface area (Å²) in [5.74, 6) is -2.68. The molecule has 0 spiro atoms. The minimum atomic E-state index is -5.96. The van der Waals surface area contributed by atoms with E-state index in [4.69, 9.17) is 0 Å². The van der Waals surface area contributed by atoms with E-state index in [0.29, 0.717) is 17.7 Å². The van der Waals surface area contributed by atoms with E-state index in [1.807, 2.05) is 0 Å². The Balaban J connectivity index is 2.23. The van der Waals surface area contributed by atoms with Crippen LogP contribution in [-0.2, 0) is 9.53 Å². The number of esters is 1. The number of hydrogen-bond donors (Lipinski definition) is 1. The molecule has 1 atom stereocenters. The van der Waals surface area contributed by atoms with Crippen molar-refractivity contribution in [1.82, 2.24) is 5.32 Å². The largest absolute Gasteiger partial charge is 0.480 e. The van der Waals surface area contributed by atoms with Gasteiger partial charge in [-0.1, -0.05) is 36.6 Å². The van der Waals surface area contributed by atoms with E-state index in [1.165, 1.54) is 0 Å². The molecular formula is C24H19F5N2O6. The Kier molecular flexibility index (Phi) is 9.31. The van der Waals surface area contributed by atoms with Crippen molar-refractivity contribution >= 4 is 17.6 Å². The van der Waals surface area contributed by atoms with Crippen molar-refractivity contribution in [2.75, 3.05) is 13.7 Å². The van der Waals surface area contributed by atoms with Crippen LogP contribution in [-0.4, -0.2) is 48.7 Å². The van der Waals surface area contributed by atoms with E-state index < -0.39 is 58.5 Å². The van der Waals surface area contributed by atoms with Gasteiger partial charge in [0.2, 0.25) is 0 Å². The molecule has 0 aromatic heterocycles. The molecule has 0 fully saturated rings. The molecule has 2 aromatic rings. The van der Waals surface area contributed by atoms with E-state index >= 15 is 0 Å². The fourth-order valence-electron chi connectivity index (χ4n) is 2.73. The lowest BCUT2D eigenvalue weighted by Gasteiger charge is -2.20. The van der Waals surface area contributed by atoms with E-state index in [2.05, 4.69) is 33.2 Å². The number of carbonyl (C=O) groups is 2. The maximum atomic E-state index is 13.2. The van der Waals surface area contributed by atoms with Crippen LogP contribution in [0.1, 0.15) is 22.3 Å². The molecule has 0 saturated heterocycles. The minimum absolute atomic E-state index is 0.188. The third-order valence-electron chi connectivity index (χ3n) is 4.64. The lowest BCUT2D eigenvalue weighted by atomic mass is 10.1. The van der Waals surface area contributed by atoms with Crippen LogP contribution in [0.15, 0.2) is 60.7 Å². The fraction of sp³-hybridized carbons (Fsp3) is 0.250. The second kappa shape index (κ2) is 12.0. The average molecular weight is 526 g/mol. The number of alkyl halides is 5. The number of nitro groups is 1. The van der Waals surface area contributed by atoms with Gasteiger partial charge in [0.05, 0.1) is 12.0 Å². The van der Waals surface area contributed by atoms with Gasteiger partial charge in [0.1, 0.15) is 6.04 Å². The van der Waals surface area contributed by atoms with Crippen molar-refractivity contribution in [2.24, 2.45) is 0 Å². The van der Waals surface area contributed by atoms with Crippen molar-refractivity contribution in [1.29, 1.82) is 0 Å². The van der Waals surface area contributed by atoms with Crippen LogP contribution >= 0.6 is 0 Å². The van der Waals surface area contributed by atoms with Crippen LogP contribution in [0.2, 0.25) is 0 Å². The molecule has 0 aliphatic heterocycles. The summed E-state index contributed by atoms with van der Waals surface area (Å²) in [7, 11) is 1.05. The van der Waals surface area contributed by atoms with E-state index in [9.17, 15) is 41.7 Å². The number of carbonyl (C=O) groups excluding carboxylic acids is 2. The molecule has 2 rings (SSSR count). The Hall–Kier alpha value is -4.47. The van der Waals surface area contributed by atoms with Gasteiger partial charge >= 0.3 is 23.8 Å². The molecule has 0 saturated carbocycles. The van der Waals surface area contributed by atoms with Gasteiger partial charge in [0.15, 0.2) is 12.4 Å². The molecule has 37 heavy (non-hydrogen) atoms. The van der Waals surface area contributed by atoms with Gasteiger partial charge < -0.3 is 14.8 Å². The third kappa shape index (κ3) is 8.03. The summed E-state index contributed by atoms with van der Waals surface area (Å²) in [6.45, 7) is 1.47. The smallest absolute Gasteiger partial charge is 0.456 e. The number of methoxy groups -OCH3 is 1. The van der Waals surface area contributed by atoms with Crippen molar-refractivity contribution in [2.45, 2.75) is 24.6 Å². The fourth-order valence-corrected chi connectivity index (χ4v) is 2.73. The number of benzene rings is 2. The van der Waals surface area contributed by atoms with E-state index in [0.717, 1.165) is 13.2 Å². The molecule has 13 heteroatoms. The van der Waals surface area contributed by atoms with Gasteiger partial charge in [-0.3, -0.25) is 14.9 Å². The van der Waals surface area contributed by atoms with Crippen LogP contribution in [0, 0.1) is 22.0 Å². The molecule has 8 nitrogen and oxygen atoms in total. The highest BCUT2D eigenvalue weighted by atomic mass is 19.4.